The van der Waals surface area contributed by atoms with Crippen LogP contribution in [0, 0.1) is 25.7 Å². The molecule has 0 aliphatic rings. The Kier molecular flexibility index (Phi) is 3.41. The van der Waals surface area contributed by atoms with E-state index in [4.69, 9.17) is 0 Å². The molecule has 14 heavy (non-hydrogen) atoms. The van der Waals surface area contributed by atoms with E-state index in [-0.39, 0.29) is 5.78 Å². The van der Waals surface area contributed by atoms with Crippen LogP contribution in [0.5, 0.6) is 0 Å². The Morgan fingerprint density at radius 1 is 1.36 bits per heavy atom. The fourth-order valence-electron chi connectivity index (χ4n) is 1.27. The molecule has 0 saturated heterocycles. The summed E-state index contributed by atoms with van der Waals surface area (Å²) >= 11 is 0. The van der Waals surface area contributed by atoms with Crippen LogP contribution < -0.4 is 0 Å². The largest absolute Gasteiger partial charge is 0.293 e. The molecule has 0 N–H and O–H groups in total. The molecular formula is C12H13NO. The molecule has 0 saturated carbocycles. The first kappa shape index (κ1) is 10.5. The predicted molar refractivity (Wildman–Crippen MR) is 56.1 cm³/mol. The SMILES string of the molecule is CC#CCC(=O)c1cc(C)nc(C)c1. The predicted octanol–water partition coefficient (Wildman–Crippen LogP) is 2.29. The van der Waals surface area contributed by atoms with Crippen LogP contribution in [0.25, 0.3) is 0 Å². The van der Waals surface area contributed by atoms with Crippen molar-refractivity contribution in [2.75, 3.05) is 0 Å². The number of carbonyl (C=O) groups excluding carboxylic acids is 1. The number of rotatable bonds is 2. The van der Waals surface area contributed by atoms with Gasteiger partial charge in [-0.15, -0.1) is 5.92 Å². The van der Waals surface area contributed by atoms with E-state index in [9.17, 15) is 4.79 Å². The Balaban J connectivity index is 2.93. The third-order valence-electron chi connectivity index (χ3n) is 1.83. The number of aromatic nitrogens is 1. The first-order chi connectivity index (χ1) is 6.63. The van der Waals surface area contributed by atoms with Gasteiger partial charge in [0.2, 0.25) is 0 Å². The summed E-state index contributed by atoms with van der Waals surface area (Å²) in [4.78, 5) is 15.8. The smallest absolute Gasteiger partial charge is 0.174 e. The van der Waals surface area contributed by atoms with Crippen LogP contribution in [0.1, 0.15) is 35.1 Å². The number of pyridine rings is 1. The van der Waals surface area contributed by atoms with Crippen molar-refractivity contribution in [2.45, 2.75) is 27.2 Å². The molecule has 2 nitrogen and oxygen atoms in total. The summed E-state index contributed by atoms with van der Waals surface area (Å²) in [7, 11) is 0. The second kappa shape index (κ2) is 4.57. The highest BCUT2D eigenvalue weighted by Gasteiger charge is 2.05. The molecule has 0 radical (unpaired) electrons. The van der Waals surface area contributed by atoms with Crippen molar-refractivity contribution in [2.24, 2.45) is 0 Å². The van der Waals surface area contributed by atoms with Gasteiger partial charge in [0.1, 0.15) is 0 Å². The number of aryl methyl sites for hydroxylation is 2. The van der Waals surface area contributed by atoms with Crippen LogP contribution in [0.3, 0.4) is 0 Å². The second-order valence-electron chi connectivity index (χ2n) is 3.17. The van der Waals surface area contributed by atoms with Crippen molar-refractivity contribution in [3.8, 4) is 11.8 Å². The summed E-state index contributed by atoms with van der Waals surface area (Å²) in [5, 5.41) is 0. The van der Waals surface area contributed by atoms with Crippen molar-refractivity contribution >= 4 is 5.78 Å². The minimum Gasteiger partial charge on any atom is -0.293 e. The van der Waals surface area contributed by atoms with E-state index in [2.05, 4.69) is 16.8 Å². The Morgan fingerprint density at radius 2 is 1.93 bits per heavy atom. The van der Waals surface area contributed by atoms with E-state index in [0.29, 0.717) is 12.0 Å². The lowest BCUT2D eigenvalue weighted by atomic mass is 10.1. The lowest BCUT2D eigenvalue weighted by Crippen LogP contribution is -2.00. The van der Waals surface area contributed by atoms with Crippen LogP contribution in [0.2, 0.25) is 0 Å². The van der Waals surface area contributed by atoms with Crippen molar-refractivity contribution < 1.29 is 4.79 Å². The molecule has 1 aromatic rings. The van der Waals surface area contributed by atoms with Crippen molar-refractivity contribution in [1.29, 1.82) is 0 Å². The van der Waals surface area contributed by atoms with Crippen LogP contribution in [-0.4, -0.2) is 10.8 Å². The van der Waals surface area contributed by atoms with E-state index in [0.717, 1.165) is 11.4 Å². The maximum absolute atomic E-state index is 11.6. The average Bonchev–Trinajstić information content (AvgIpc) is 2.12. The number of hydrogen-bond donors (Lipinski definition) is 0. The average molecular weight is 187 g/mol. The van der Waals surface area contributed by atoms with Crippen LogP contribution in [0.4, 0.5) is 0 Å². The molecule has 0 aromatic carbocycles. The van der Waals surface area contributed by atoms with Gasteiger partial charge in [-0.2, -0.15) is 0 Å². The van der Waals surface area contributed by atoms with Gasteiger partial charge in [-0.1, -0.05) is 5.92 Å². The third kappa shape index (κ3) is 2.70. The fraction of sp³-hybridized carbons (Fsp3) is 0.333. The molecule has 0 atom stereocenters. The molecule has 0 aliphatic heterocycles. The second-order valence-corrected chi connectivity index (χ2v) is 3.17. The molecule has 1 heterocycles. The summed E-state index contributed by atoms with van der Waals surface area (Å²) in [6.07, 6.45) is 0.291. The molecule has 0 fully saturated rings. The zero-order valence-corrected chi connectivity index (χ0v) is 8.72. The van der Waals surface area contributed by atoms with Gasteiger partial charge in [-0.3, -0.25) is 9.78 Å². The summed E-state index contributed by atoms with van der Waals surface area (Å²) in [5.41, 5.74) is 2.45. The van der Waals surface area contributed by atoms with E-state index < -0.39 is 0 Å². The summed E-state index contributed by atoms with van der Waals surface area (Å²) in [6.45, 7) is 5.50. The highest BCUT2D eigenvalue weighted by molar-refractivity contribution is 5.97. The molecule has 72 valence electrons. The molecule has 1 rings (SSSR count). The summed E-state index contributed by atoms with van der Waals surface area (Å²) < 4.78 is 0. The van der Waals surface area contributed by atoms with Crippen LogP contribution in [-0.2, 0) is 0 Å². The van der Waals surface area contributed by atoms with Crippen LogP contribution >= 0.6 is 0 Å². The van der Waals surface area contributed by atoms with Gasteiger partial charge >= 0.3 is 0 Å². The fourth-order valence-corrected chi connectivity index (χ4v) is 1.27. The van der Waals surface area contributed by atoms with Crippen LogP contribution in [0.15, 0.2) is 12.1 Å². The highest BCUT2D eigenvalue weighted by Crippen LogP contribution is 2.07. The van der Waals surface area contributed by atoms with Crippen molar-refractivity contribution in [3.05, 3.63) is 29.1 Å². The Morgan fingerprint density at radius 3 is 2.43 bits per heavy atom. The van der Waals surface area contributed by atoms with Crippen molar-refractivity contribution in [3.63, 3.8) is 0 Å². The molecule has 0 spiro atoms. The number of carbonyl (C=O) groups is 1. The van der Waals surface area contributed by atoms with Gasteiger partial charge in [0.15, 0.2) is 5.78 Å². The lowest BCUT2D eigenvalue weighted by Gasteiger charge is -2.00. The molecule has 0 bridgehead atoms. The molecule has 0 unspecified atom stereocenters. The van der Waals surface area contributed by atoms with Crippen molar-refractivity contribution in [1.82, 2.24) is 4.98 Å². The van der Waals surface area contributed by atoms with Gasteiger partial charge in [0.05, 0.1) is 6.42 Å². The molecule has 1 aromatic heterocycles. The van der Waals surface area contributed by atoms with Gasteiger partial charge in [0, 0.05) is 17.0 Å². The van der Waals surface area contributed by atoms with Gasteiger partial charge in [-0.25, -0.2) is 0 Å². The molecule has 0 aliphatic carbocycles. The van der Waals surface area contributed by atoms with E-state index in [1.165, 1.54) is 0 Å². The Bertz CT molecular complexity index is 390. The minimum atomic E-state index is 0.0629. The quantitative estimate of drug-likeness (QED) is 0.525. The maximum atomic E-state index is 11.6. The highest BCUT2D eigenvalue weighted by atomic mass is 16.1. The molecule has 2 heteroatoms. The Labute approximate surface area is 84.4 Å². The topological polar surface area (TPSA) is 30.0 Å². The van der Waals surface area contributed by atoms with E-state index >= 15 is 0 Å². The van der Waals surface area contributed by atoms with Gasteiger partial charge in [-0.05, 0) is 32.9 Å². The summed E-state index contributed by atoms with van der Waals surface area (Å²) in [5.74, 6) is 5.54. The molecule has 0 amide bonds. The molecular weight excluding hydrogens is 174 g/mol. The first-order valence-electron chi connectivity index (χ1n) is 4.51. The monoisotopic (exact) mass is 187 g/mol. The van der Waals surface area contributed by atoms with Gasteiger partial charge < -0.3 is 0 Å². The minimum absolute atomic E-state index is 0.0629. The van der Waals surface area contributed by atoms with E-state index in [1.807, 2.05) is 13.8 Å². The third-order valence-corrected chi connectivity index (χ3v) is 1.83. The zero-order valence-electron chi connectivity index (χ0n) is 8.72. The first-order valence-corrected chi connectivity index (χ1v) is 4.51. The zero-order chi connectivity index (χ0) is 10.6. The maximum Gasteiger partial charge on any atom is 0.174 e. The summed E-state index contributed by atoms with van der Waals surface area (Å²) in [6, 6.07) is 3.60. The van der Waals surface area contributed by atoms with Gasteiger partial charge in [0.25, 0.3) is 0 Å². The number of nitrogens with zero attached hydrogens (tertiary/aromatic N) is 1. The normalized spacial score (nSPS) is 9.07. The Hall–Kier alpha value is -1.62. The number of ketones is 1. The lowest BCUT2D eigenvalue weighted by molar-refractivity contribution is 0.0998. The number of Topliss-reactive ketones (excluding diaryl/α,β-unsaturated/α-hetero) is 1. The standard InChI is InChI=1S/C12H13NO/c1-4-5-6-12(14)11-7-9(2)13-10(3)8-11/h7-8H,6H2,1-3H3. The van der Waals surface area contributed by atoms with E-state index in [1.54, 1.807) is 19.1 Å². The number of hydrogen-bond acceptors (Lipinski definition) is 2.